The van der Waals surface area contributed by atoms with E-state index in [0.29, 0.717) is 12.1 Å². The molecule has 1 aliphatic carbocycles. The Hall–Kier alpha value is -4.10. The molecule has 1 saturated heterocycles. The Morgan fingerprint density at radius 2 is 1.59 bits per heavy atom. The van der Waals surface area contributed by atoms with Crippen molar-refractivity contribution < 1.29 is 4.79 Å². The topological polar surface area (TPSA) is 74.2 Å². The summed E-state index contributed by atoms with van der Waals surface area (Å²) in [5.41, 5.74) is 6.48. The van der Waals surface area contributed by atoms with Gasteiger partial charge in [-0.05, 0) is 80.3 Å². The Balaban J connectivity index is 1.23. The van der Waals surface area contributed by atoms with Gasteiger partial charge in [-0.15, -0.1) is 0 Å². The summed E-state index contributed by atoms with van der Waals surface area (Å²) in [6.07, 6.45) is 7.90. The first-order chi connectivity index (χ1) is 19.0. The molecule has 7 heteroatoms. The van der Waals surface area contributed by atoms with Crippen LogP contribution in [0.5, 0.6) is 0 Å². The van der Waals surface area contributed by atoms with Crippen LogP contribution in [0.15, 0.2) is 79.3 Å². The summed E-state index contributed by atoms with van der Waals surface area (Å²) in [6.45, 7) is 7.81. The Labute approximate surface area is 229 Å². The number of piperazine rings is 1. The van der Waals surface area contributed by atoms with Gasteiger partial charge in [0, 0.05) is 73.5 Å². The van der Waals surface area contributed by atoms with Crippen LogP contribution >= 0.6 is 0 Å². The maximum atomic E-state index is 13.1. The number of carbonyl (C=O) groups is 1. The van der Waals surface area contributed by atoms with Gasteiger partial charge in [0.1, 0.15) is 5.82 Å². The van der Waals surface area contributed by atoms with E-state index >= 15 is 0 Å². The molecule has 198 valence electrons. The maximum Gasteiger partial charge on any atom is 0.253 e. The van der Waals surface area contributed by atoms with Crippen molar-refractivity contribution in [3.05, 3.63) is 84.8 Å². The number of hydrogen-bond donors (Lipinski definition) is 1. The molecule has 7 nitrogen and oxygen atoms in total. The second-order valence-electron chi connectivity index (χ2n) is 10.7. The highest BCUT2D eigenvalue weighted by Gasteiger charge is 2.24. The molecule has 1 aromatic carbocycles. The average Bonchev–Trinajstić information content (AvgIpc) is 3.81. The summed E-state index contributed by atoms with van der Waals surface area (Å²) < 4.78 is 0. The van der Waals surface area contributed by atoms with Crippen molar-refractivity contribution in [1.29, 1.82) is 0 Å². The number of rotatable bonds is 7. The normalized spacial score (nSPS) is 15.9. The monoisotopic (exact) mass is 518 g/mol. The van der Waals surface area contributed by atoms with E-state index in [1.54, 1.807) is 6.20 Å². The third-order valence-corrected chi connectivity index (χ3v) is 7.55. The first-order valence-corrected chi connectivity index (χ1v) is 13.8. The van der Waals surface area contributed by atoms with Crippen LogP contribution in [-0.2, 0) is 0 Å². The zero-order chi connectivity index (χ0) is 26.8. The van der Waals surface area contributed by atoms with E-state index in [0.717, 1.165) is 71.2 Å². The van der Waals surface area contributed by atoms with Crippen LogP contribution in [0.4, 0.5) is 5.82 Å². The second-order valence-corrected chi connectivity index (χ2v) is 10.7. The number of hydrogen-bond acceptors (Lipinski definition) is 6. The largest absolute Gasteiger partial charge is 0.367 e. The summed E-state index contributed by atoms with van der Waals surface area (Å²) >= 11 is 0. The van der Waals surface area contributed by atoms with E-state index in [-0.39, 0.29) is 5.91 Å². The van der Waals surface area contributed by atoms with Crippen LogP contribution in [0.2, 0.25) is 0 Å². The fourth-order valence-corrected chi connectivity index (χ4v) is 5.04. The van der Waals surface area contributed by atoms with Gasteiger partial charge in [0.25, 0.3) is 5.91 Å². The van der Waals surface area contributed by atoms with Crippen molar-refractivity contribution in [2.45, 2.75) is 38.8 Å². The molecule has 1 aliphatic heterocycles. The van der Waals surface area contributed by atoms with Crippen molar-refractivity contribution in [3.8, 4) is 33.6 Å². The van der Waals surface area contributed by atoms with Gasteiger partial charge in [-0.25, -0.2) is 4.98 Å². The van der Waals surface area contributed by atoms with E-state index < -0.39 is 0 Å². The molecule has 1 amide bonds. The van der Waals surface area contributed by atoms with E-state index in [9.17, 15) is 4.79 Å². The maximum absolute atomic E-state index is 13.1. The standard InChI is InChI=1S/C32H34N6O/c1-22(2)37-13-15-38(16-14-37)32(39)24-8-6-23(7-9-24)26-17-27(21-33-20-26)25-18-30(29-5-3-4-12-34-29)36-31(19-25)35-28-10-11-28/h3-9,12,17-22,28H,10-11,13-16H2,1-2H3,(H,35,36). The summed E-state index contributed by atoms with van der Waals surface area (Å²) in [5.74, 6) is 0.963. The smallest absolute Gasteiger partial charge is 0.253 e. The van der Waals surface area contributed by atoms with Crippen molar-refractivity contribution in [1.82, 2.24) is 24.8 Å². The van der Waals surface area contributed by atoms with Crippen molar-refractivity contribution in [2.24, 2.45) is 0 Å². The second kappa shape index (κ2) is 10.9. The van der Waals surface area contributed by atoms with Crippen LogP contribution in [-0.4, -0.2) is 68.9 Å². The predicted molar refractivity (Wildman–Crippen MR) is 155 cm³/mol. The molecular weight excluding hydrogens is 484 g/mol. The van der Waals surface area contributed by atoms with E-state index in [1.807, 2.05) is 59.8 Å². The van der Waals surface area contributed by atoms with E-state index in [2.05, 4.69) is 52.2 Å². The zero-order valence-corrected chi connectivity index (χ0v) is 22.5. The SMILES string of the molecule is CC(C)N1CCN(C(=O)c2ccc(-c3cncc(-c4cc(NC5CC5)nc(-c5ccccn5)c4)c3)cc2)CC1. The molecule has 1 N–H and O–H groups in total. The molecule has 0 atom stereocenters. The first kappa shape index (κ1) is 25.2. The summed E-state index contributed by atoms with van der Waals surface area (Å²) in [7, 11) is 0. The Bertz CT molecular complexity index is 1440. The minimum absolute atomic E-state index is 0.103. The lowest BCUT2D eigenvalue weighted by Gasteiger charge is -2.37. The number of aromatic nitrogens is 3. The van der Waals surface area contributed by atoms with Gasteiger partial charge in [-0.1, -0.05) is 18.2 Å². The number of pyridine rings is 3. The lowest BCUT2D eigenvalue weighted by molar-refractivity contribution is 0.0595. The average molecular weight is 519 g/mol. The minimum Gasteiger partial charge on any atom is -0.367 e. The van der Waals surface area contributed by atoms with Gasteiger partial charge >= 0.3 is 0 Å². The van der Waals surface area contributed by atoms with Crippen molar-refractivity contribution in [3.63, 3.8) is 0 Å². The predicted octanol–water partition coefficient (Wildman–Crippen LogP) is 5.61. The van der Waals surface area contributed by atoms with Crippen LogP contribution in [0.25, 0.3) is 33.6 Å². The van der Waals surface area contributed by atoms with E-state index in [1.165, 1.54) is 12.8 Å². The summed E-state index contributed by atoms with van der Waals surface area (Å²) in [5, 5.41) is 3.54. The van der Waals surface area contributed by atoms with Gasteiger partial charge in [-0.2, -0.15) is 0 Å². The number of carbonyl (C=O) groups excluding carboxylic acids is 1. The molecule has 39 heavy (non-hydrogen) atoms. The molecular formula is C32H34N6O. The summed E-state index contributed by atoms with van der Waals surface area (Å²) in [6, 6.07) is 21.1. The van der Waals surface area contributed by atoms with Crippen LogP contribution < -0.4 is 5.32 Å². The molecule has 2 aliphatic rings. The Morgan fingerprint density at radius 3 is 2.26 bits per heavy atom. The highest BCUT2D eigenvalue weighted by Crippen LogP contribution is 2.32. The highest BCUT2D eigenvalue weighted by molar-refractivity contribution is 5.95. The molecule has 0 spiro atoms. The number of benzene rings is 1. The number of amides is 1. The van der Waals surface area contributed by atoms with Gasteiger partial charge in [0.15, 0.2) is 0 Å². The Morgan fingerprint density at radius 1 is 0.846 bits per heavy atom. The van der Waals surface area contributed by atoms with Gasteiger partial charge in [0.05, 0.1) is 11.4 Å². The summed E-state index contributed by atoms with van der Waals surface area (Å²) in [4.78, 5) is 31.4. The molecule has 0 radical (unpaired) electrons. The molecule has 0 bridgehead atoms. The molecule has 1 saturated carbocycles. The molecule has 3 aromatic heterocycles. The van der Waals surface area contributed by atoms with Crippen molar-refractivity contribution >= 4 is 11.7 Å². The minimum atomic E-state index is 0.103. The fourth-order valence-electron chi connectivity index (χ4n) is 5.04. The zero-order valence-electron chi connectivity index (χ0n) is 22.5. The van der Waals surface area contributed by atoms with Gasteiger partial charge in [-0.3, -0.25) is 19.7 Å². The molecule has 2 fully saturated rings. The lowest BCUT2D eigenvalue weighted by Crippen LogP contribution is -2.50. The molecule has 6 rings (SSSR count). The fraction of sp³-hybridized carbons (Fsp3) is 0.312. The molecule has 0 unspecified atom stereocenters. The van der Waals surface area contributed by atoms with Crippen LogP contribution in [0.1, 0.15) is 37.0 Å². The van der Waals surface area contributed by atoms with Crippen molar-refractivity contribution in [2.75, 3.05) is 31.5 Å². The van der Waals surface area contributed by atoms with Crippen LogP contribution in [0, 0.1) is 0 Å². The lowest BCUT2D eigenvalue weighted by atomic mass is 10.0. The number of nitrogens with one attached hydrogen (secondary N) is 1. The highest BCUT2D eigenvalue weighted by atomic mass is 16.2. The van der Waals surface area contributed by atoms with Crippen LogP contribution in [0.3, 0.4) is 0 Å². The van der Waals surface area contributed by atoms with Gasteiger partial charge in [0.2, 0.25) is 0 Å². The third-order valence-electron chi connectivity index (χ3n) is 7.55. The third kappa shape index (κ3) is 5.83. The number of nitrogens with zero attached hydrogens (tertiary/aromatic N) is 5. The molecule has 4 aromatic rings. The Kier molecular flexibility index (Phi) is 7.07. The molecule has 4 heterocycles. The first-order valence-electron chi connectivity index (χ1n) is 13.8. The quantitative estimate of drug-likeness (QED) is 0.343. The van der Waals surface area contributed by atoms with E-state index in [4.69, 9.17) is 4.98 Å². The number of anilines is 1. The van der Waals surface area contributed by atoms with Gasteiger partial charge < -0.3 is 10.2 Å².